The Balaban J connectivity index is 1.37. The van der Waals surface area contributed by atoms with Gasteiger partial charge in [-0.1, -0.05) is 37.6 Å². The van der Waals surface area contributed by atoms with Gasteiger partial charge in [0.2, 0.25) is 0 Å². The first-order chi connectivity index (χ1) is 22.4. The summed E-state index contributed by atoms with van der Waals surface area (Å²) >= 11 is 0. The van der Waals surface area contributed by atoms with Crippen molar-refractivity contribution in [1.82, 2.24) is 10.6 Å². The molecule has 4 rings (SSSR count). The summed E-state index contributed by atoms with van der Waals surface area (Å²) in [7, 11) is -2.81. The molecule has 0 aromatic heterocycles. The first-order valence-electron chi connectivity index (χ1n) is 16.8. The molecule has 2 heterocycles. The highest BCUT2D eigenvalue weighted by Gasteiger charge is 2.39. The molecule has 0 radical (unpaired) electrons. The topological polar surface area (TPSA) is 117 Å². The number of hydrogen-bond acceptors (Lipinski definition) is 8. The maximum absolute atomic E-state index is 13.4. The van der Waals surface area contributed by atoms with Crippen molar-refractivity contribution in [1.29, 1.82) is 0 Å². The molecule has 2 N–H and O–H groups in total. The first-order valence-corrected chi connectivity index (χ1v) is 18.8. The van der Waals surface area contributed by atoms with Gasteiger partial charge in [-0.2, -0.15) is 0 Å². The van der Waals surface area contributed by atoms with Crippen LogP contribution in [0.5, 0.6) is 0 Å². The van der Waals surface area contributed by atoms with Gasteiger partial charge in [0.15, 0.2) is 0 Å². The predicted molar refractivity (Wildman–Crippen MR) is 182 cm³/mol. The van der Waals surface area contributed by atoms with Crippen LogP contribution in [0.1, 0.15) is 58.1 Å². The first kappa shape index (κ1) is 35.8. The van der Waals surface area contributed by atoms with Crippen molar-refractivity contribution in [3.05, 3.63) is 59.7 Å². The third-order valence-corrected chi connectivity index (χ3v) is 10.9. The van der Waals surface area contributed by atoms with E-state index in [0.29, 0.717) is 63.3 Å². The molecular weight excluding hydrogens is 604 g/mol. The van der Waals surface area contributed by atoms with Gasteiger partial charge in [-0.3, -0.25) is 0 Å². The number of nitrogens with one attached hydrogen (secondary N) is 2. The lowest BCUT2D eigenvalue weighted by Crippen LogP contribution is -2.50. The minimum absolute atomic E-state index is 0.314. The van der Waals surface area contributed by atoms with Gasteiger partial charge in [-0.15, -0.1) is 0 Å². The highest BCUT2D eigenvalue weighted by atomic mass is 28.4. The summed E-state index contributed by atoms with van der Waals surface area (Å²) in [5.74, 6) is 0. The second kappa shape index (κ2) is 18.4. The number of carbonyl (C=O) groups is 2. The highest BCUT2D eigenvalue weighted by molar-refractivity contribution is 6.60. The molecule has 0 aliphatic carbocycles. The molecule has 0 spiro atoms. The summed E-state index contributed by atoms with van der Waals surface area (Å²) < 4.78 is 28.7. The number of unbranched alkanes of at least 4 members (excludes halogenated alkanes) is 1. The van der Waals surface area contributed by atoms with Crippen LogP contribution in [0.3, 0.4) is 0 Å². The Morgan fingerprint density at radius 1 is 0.739 bits per heavy atom. The molecule has 2 aliphatic rings. The Labute approximate surface area is 275 Å². The molecule has 12 heteroatoms. The second-order valence-corrected chi connectivity index (χ2v) is 14.3. The van der Waals surface area contributed by atoms with E-state index < -0.39 is 20.9 Å². The zero-order valence-electron chi connectivity index (χ0n) is 27.9. The van der Waals surface area contributed by atoms with Gasteiger partial charge in [0.1, 0.15) is 0 Å². The molecule has 2 unspecified atom stereocenters. The summed E-state index contributed by atoms with van der Waals surface area (Å²) in [6.45, 7) is 13.6. The van der Waals surface area contributed by atoms with Crippen molar-refractivity contribution < 1.29 is 32.3 Å². The zero-order valence-corrected chi connectivity index (χ0v) is 28.9. The number of hydrogen-bond donors (Lipinski definition) is 2. The standard InChI is InChI=1S/C34H52N4O7Si/c1-5-9-19-35-33(39)38(34(40)36-20-10-21-46(43-6-2,44-7-3)45-8-4)30-17-13-28(14-18-30)22-27-11-15-29(16-12-27)37(23-31-25-41-31)24-32-26-42-32/h11-18,31-32H,5-10,19-26H2,1-4H3,(H,35,39)(H,36,40). The number of carbonyl (C=O) groups excluding carboxylic acids is 2. The fraction of sp³-hybridized carbons (Fsp3) is 0.588. The zero-order chi connectivity index (χ0) is 32.8. The van der Waals surface area contributed by atoms with Crippen molar-refractivity contribution >= 4 is 32.2 Å². The van der Waals surface area contributed by atoms with E-state index in [1.165, 1.54) is 16.2 Å². The molecular formula is C34H52N4O7Si. The number of urea groups is 2. The van der Waals surface area contributed by atoms with Crippen molar-refractivity contribution in [3.8, 4) is 0 Å². The number of ether oxygens (including phenoxy) is 2. The maximum atomic E-state index is 13.4. The number of rotatable bonds is 21. The van der Waals surface area contributed by atoms with E-state index in [-0.39, 0.29) is 0 Å². The van der Waals surface area contributed by atoms with E-state index >= 15 is 0 Å². The van der Waals surface area contributed by atoms with Crippen molar-refractivity contribution in [2.75, 3.05) is 69.0 Å². The fourth-order valence-corrected chi connectivity index (χ4v) is 7.92. The van der Waals surface area contributed by atoms with Crippen LogP contribution in [0.25, 0.3) is 0 Å². The lowest BCUT2D eigenvalue weighted by molar-refractivity contribution is 0.0708. The Hall–Kier alpha value is -3.00. The third-order valence-electron chi connectivity index (χ3n) is 7.80. The second-order valence-electron chi connectivity index (χ2n) is 11.6. The van der Waals surface area contributed by atoms with E-state index in [9.17, 15) is 9.59 Å². The van der Waals surface area contributed by atoms with Gasteiger partial charge in [-0.25, -0.2) is 14.5 Å². The molecule has 0 saturated carbocycles. The van der Waals surface area contributed by atoms with Gasteiger partial charge in [0.25, 0.3) is 0 Å². The maximum Gasteiger partial charge on any atom is 0.500 e. The average Bonchev–Trinajstić information content (AvgIpc) is 3.99. The summed E-state index contributed by atoms with van der Waals surface area (Å²) in [6.07, 6.45) is 3.73. The van der Waals surface area contributed by atoms with Crippen LogP contribution in [-0.4, -0.2) is 92.3 Å². The number of imide groups is 1. The van der Waals surface area contributed by atoms with Gasteiger partial charge in [0.05, 0.1) is 31.1 Å². The number of benzene rings is 2. The van der Waals surface area contributed by atoms with Gasteiger partial charge in [0, 0.05) is 57.7 Å². The van der Waals surface area contributed by atoms with E-state index in [1.807, 2.05) is 45.0 Å². The lowest BCUT2D eigenvalue weighted by atomic mass is 10.0. The van der Waals surface area contributed by atoms with Gasteiger partial charge in [-0.05, 0) is 75.4 Å². The predicted octanol–water partition coefficient (Wildman–Crippen LogP) is 5.35. The smallest absolute Gasteiger partial charge is 0.374 e. The van der Waals surface area contributed by atoms with Gasteiger partial charge >= 0.3 is 20.9 Å². The average molecular weight is 657 g/mol. The number of amides is 4. The van der Waals surface area contributed by atoms with Crippen LogP contribution in [0.4, 0.5) is 21.0 Å². The molecule has 0 bridgehead atoms. The molecule has 2 atom stereocenters. The Bertz CT molecular complexity index is 1180. The van der Waals surface area contributed by atoms with Crippen molar-refractivity contribution in [3.63, 3.8) is 0 Å². The fourth-order valence-electron chi connectivity index (χ4n) is 5.31. The molecule has 2 aromatic carbocycles. The van der Waals surface area contributed by atoms with Crippen LogP contribution in [0, 0.1) is 0 Å². The Morgan fingerprint density at radius 3 is 1.63 bits per heavy atom. The minimum Gasteiger partial charge on any atom is -0.374 e. The normalized spacial score (nSPS) is 17.0. The molecule has 2 aromatic rings. The van der Waals surface area contributed by atoms with E-state index in [4.69, 9.17) is 22.8 Å². The minimum atomic E-state index is -2.81. The Morgan fingerprint density at radius 2 is 1.20 bits per heavy atom. The van der Waals surface area contributed by atoms with E-state index in [1.54, 1.807) is 0 Å². The van der Waals surface area contributed by atoms with Gasteiger partial charge < -0.3 is 38.3 Å². The Kier molecular flexibility index (Phi) is 14.3. The number of epoxide rings is 2. The van der Waals surface area contributed by atoms with Crippen molar-refractivity contribution in [2.24, 2.45) is 0 Å². The van der Waals surface area contributed by atoms with Crippen LogP contribution < -0.4 is 20.4 Å². The monoisotopic (exact) mass is 656 g/mol. The SMILES string of the molecule is CCCCNC(=O)N(C(=O)NCCC[Si](OCC)(OCC)OCC)c1ccc(Cc2ccc(N(CC3CO3)CC3CO3)cc2)cc1. The molecule has 2 fully saturated rings. The van der Waals surface area contributed by atoms with Crippen LogP contribution in [0.15, 0.2) is 48.5 Å². The summed E-state index contributed by atoms with van der Waals surface area (Å²) in [4.78, 5) is 30.1. The molecule has 4 amide bonds. The third kappa shape index (κ3) is 11.4. The van der Waals surface area contributed by atoms with Crippen LogP contribution in [-0.2, 0) is 29.2 Å². The lowest BCUT2D eigenvalue weighted by Gasteiger charge is -2.28. The summed E-state index contributed by atoms with van der Waals surface area (Å²) in [6, 6.07) is 15.9. The highest BCUT2D eigenvalue weighted by Crippen LogP contribution is 2.25. The number of nitrogens with zero attached hydrogens (tertiary/aromatic N) is 2. The largest absolute Gasteiger partial charge is 0.500 e. The molecule has 254 valence electrons. The molecule has 2 saturated heterocycles. The number of anilines is 2. The van der Waals surface area contributed by atoms with E-state index in [2.05, 4.69) is 46.7 Å². The van der Waals surface area contributed by atoms with Crippen molar-refractivity contribution in [2.45, 2.75) is 71.6 Å². The molecule has 11 nitrogen and oxygen atoms in total. The summed E-state index contributed by atoms with van der Waals surface area (Å²) in [5, 5.41) is 5.79. The van der Waals surface area contributed by atoms with Crippen LogP contribution >= 0.6 is 0 Å². The van der Waals surface area contributed by atoms with Crippen LogP contribution in [0.2, 0.25) is 6.04 Å². The quantitative estimate of drug-likeness (QED) is 0.105. The van der Waals surface area contributed by atoms with E-state index in [0.717, 1.165) is 51.1 Å². The molecule has 46 heavy (non-hydrogen) atoms. The summed E-state index contributed by atoms with van der Waals surface area (Å²) in [5.41, 5.74) is 3.94. The molecule has 2 aliphatic heterocycles.